The maximum Gasteiger partial charge on any atom is 0.306 e. The highest BCUT2D eigenvalue weighted by atomic mass is 16.6. The van der Waals surface area contributed by atoms with Crippen LogP contribution in [0.15, 0.2) is 0 Å². The Balaban J connectivity index is 4.19. The van der Waals surface area contributed by atoms with Gasteiger partial charge in [-0.25, -0.2) is 0 Å². The largest absolute Gasteiger partial charge is 0.462 e. The van der Waals surface area contributed by atoms with Crippen molar-refractivity contribution in [1.82, 2.24) is 0 Å². The van der Waals surface area contributed by atoms with E-state index in [2.05, 4.69) is 20.8 Å². The molecule has 0 aromatic heterocycles. The van der Waals surface area contributed by atoms with Crippen LogP contribution in [0.3, 0.4) is 0 Å². The molecule has 0 saturated heterocycles. The molecule has 6 nitrogen and oxygen atoms in total. The van der Waals surface area contributed by atoms with Gasteiger partial charge in [-0.15, -0.1) is 0 Å². The summed E-state index contributed by atoms with van der Waals surface area (Å²) < 4.78 is 16.5. The van der Waals surface area contributed by atoms with E-state index >= 15 is 0 Å². The second kappa shape index (κ2) is 35.3. The molecule has 0 aromatic rings. The van der Waals surface area contributed by atoms with Crippen LogP contribution in [-0.4, -0.2) is 37.2 Å². The van der Waals surface area contributed by atoms with Gasteiger partial charge in [0.05, 0.1) is 0 Å². The monoisotopic (exact) mass is 639 g/mol. The lowest BCUT2D eigenvalue weighted by atomic mass is 10.0. The number of ether oxygens (including phenoxy) is 3. The summed E-state index contributed by atoms with van der Waals surface area (Å²) in [5, 5.41) is 0. The Kier molecular flexibility index (Phi) is 34.0. The molecule has 45 heavy (non-hydrogen) atoms. The topological polar surface area (TPSA) is 78.9 Å². The zero-order valence-electron chi connectivity index (χ0n) is 30.2. The third-order valence-electron chi connectivity index (χ3n) is 8.61. The van der Waals surface area contributed by atoms with Crippen LogP contribution in [0.1, 0.15) is 213 Å². The van der Waals surface area contributed by atoms with Gasteiger partial charge < -0.3 is 14.2 Å². The van der Waals surface area contributed by atoms with Gasteiger partial charge in [-0.3, -0.25) is 14.4 Å². The summed E-state index contributed by atoms with van der Waals surface area (Å²) >= 11 is 0. The van der Waals surface area contributed by atoms with Gasteiger partial charge in [0.2, 0.25) is 0 Å². The van der Waals surface area contributed by atoms with Crippen molar-refractivity contribution in [3.63, 3.8) is 0 Å². The smallest absolute Gasteiger partial charge is 0.306 e. The van der Waals surface area contributed by atoms with Crippen LogP contribution in [0.2, 0.25) is 0 Å². The van der Waals surface area contributed by atoms with Gasteiger partial charge >= 0.3 is 17.9 Å². The highest BCUT2D eigenvalue weighted by Gasteiger charge is 2.19. The van der Waals surface area contributed by atoms with Crippen LogP contribution < -0.4 is 0 Å². The standard InChI is InChI=1S/C39H74O6/c1-4-7-10-13-15-16-17-18-19-20-21-22-24-27-30-33-39(42)45-36(34-43-37(40)31-28-25-12-9-6-3)35-44-38(41)32-29-26-23-14-11-8-5-2/h36H,4-35H2,1-3H3/t36-/m0/s1. The fourth-order valence-corrected chi connectivity index (χ4v) is 5.62. The normalized spacial score (nSPS) is 11.8. The lowest BCUT2D eigenvalue weighted by Gasteiger charge is -2.18. The fourth-order valence-electron chi connectivity index (χ4n) is 5.62. The first-order valence-electron chi connectivity index (χ1n) is 19.5. The average molecular weight is 639 g/mol. The van der Waals surface area contributed by atoms with Crippen LogP contribution in [0.4, 0.5) is 0 Å². The summed E-state index contributed by atoms with van der Waals surface area (Å²) in [6.07, 6.45) is 32.7. The molecule has 0 aromatic carbocycles. The molecule has 6 heteroatoms. The number of hydrogen-bond donors (Lipinski definition) is 0. The first-order valence-corrected chi connectivity index (χ1v) is 19.5. The highest BCUT2D eigenvalue weighted by molar-refractivity contribution is 5.71. The maximum atomic E-state index is 12.6. The number of rotatable bonds is 35. The zero-order chi connectivity index (χ0) is 33.1. The van der Waals surface area contributed by atoms with E-state index in [1.807, 2.05) is 0 Å². The summed E-state index contributed by atoms with van der Waals surface area (Å²) in [7, 11) is 0. The van der Waals surface area contributed by atoms with Crippen molar-refractivity contribution >= 4 is 17.9 Å². The molecule has 1 atom stereocenters. The quantitative estimate of drug-likeness (QED) is 0.0390. The highest BCUT2D eigenvalue weighted by Crippen LogP contribution is 2.15. The second-order valence-corrected chi connectivity index (χ2v) is 13.2. The van der Waals surface area contributed by atoms with Gasteiger partial charge in [0.1, 0.15) is 13.2 Å². The lowest BCUT2D eigenvalue weighted by molar-refractivity contribution is -0.167. The van der Waals surface area contributed by atoms with Crippen molar-refractivity contribution in [2.24, 2.45) is 0 Å². The number of esters is 3. The van der Waals surface area contributed by atoms with E-state index < -0.39 is 6.10 Å². The molecule has 0 aliphatic heterocycles. The molecular weight excluding hydrogens is 564 g/mol. The molecule has 0 heterocycles. The maximum absolute atomic E-state index is 12.6. The Hall–Kier alpha value is -1.59. The predicted molar refractivity (Wildman–Crippen MR) is 187 cm³/mol. The van der Waals surface area contributed by atoms with Crippen molar-refractivity contribution < 1.29 is 28.6 Å². The van der Waals surface area contributed by atoms with E-state index in [1.165, 1.54) is 109 Å². The van der Waals surface area contributed by atoms with Gasteiger partial charge in [-0.2, -0.15) is 0 Å². The number of carbonyl (C=O) groups excluding carboxylic acids is 3. The Morgan fingerprint density at radius 2 is 0.600 bits per heavy atom. The van der Waals surface area contributed by atoms with E-state index in [-0.39, 0.29) is 31.1 Å². The first kappa shape index (κ1) is 43.4. The first-order chi connectivity index (χ1) is 22.0. The molecule has 0 amide bonds. The van der Waals surface area contributed by atoms with Crippen LogP contribution in [0.25, 0.3) is 0 Å². The van der Waals surface area contributed by atoms with E-state index in [9.17, 15) is 14.4 Å². The molecular formula is C39H74O6. The van der Waals surface area contributed by atoms with Crippen LogP contribution >= 0.6 is 0 Å². The third-order valence-corrected chi connectivity index (χ3v) is 8.61. The minimum absolute atomic E-state index is 0.0658. The summed E-state index contributed by atoms with van der Waals surface area (Å²) in [5.41, 5.74) is 0. The molecule has 0 spiro atoms. The van der Waals surface area contributed by atoms with E-state index in [0.717, 1.165) is 64.2 Å². The van der Waals surface area contributed by atoms with Crippen molar-refractivity contribution in [3.05, 3.63) is 0 Å². The number of unbranched alkanes of at least 4 members (excludes halogenated alkanes) is 24. The van der Waals surface area contributed by atoms with Crippen LogP contribution in [-0.2, 0) is 28.6 Å². The summed E-state index contributed by atoms with van der Waals surface area (Å²) in [6.45, 7) is 6.51. The molecule has 0 N–H and O–H groups in total. The molecule has 0 rings (SSSR count). The number of hydrogen-bond acceptors (Lipinski definition) is 6. The summed E-state index contributed by atoms with van der Waals surface area (Å²) in [6, 6.07) is 0. The van der Waals surface area contributed by atoms with Gasteiger partial charge in [-0.1, -0.05) is 175 Å². The zero-order valence-corrected chi connectivity index (χ0v) is 30.2. The minimum atomic E-state index is -0.754. The van der Waals surface area contributed by atoms with Crippen LogP contribution in [0.5, 0.6) is 0 Å². The molecule has 266 valence electrons. The molecule has 0 unspecified atom stereocenters. The Bertz CT molecular complexity index is 664. The van der Waals surface area contributed by atoms with Gasteiger partial charge in [0, 0.05) is 19.3 Å². The van der Waals surface area contributed by atoms with Gasteiger partial charge in [-0.05, 0) is 19.3 Å². The minimum Gasteiger partial charge on any atom is -0.462 e. The van der Waals surface area contributed by atoms with Gasteiger partial charge in [0.25, 0.3) is 0 Å². The van der Waals surface area contributed by atoms with Crippen molar-refractivity contribution in [3.8, 4) is 0 Å². The van der Waals surface area contributed by atoms with Crippen molar-refractivity contribution in [2.45, 2.75) is 219 Å². The summed E-state index contributed by atoms with van der Waals surface area (Å²) in [4.78, 5) is 37.1. The fraction of sp³-hybridized carbons (Fsp3) is 0.923. The van der Waals surface area contributed by atoms with Crippen LogP contribution in [0, 0.1) is 0 Å². The van der Waals surface area contributed by atoms with Crippen molar-refractivity contribution in [2.75, 3.05) is 13.2 Å². The lowest BCUT2D eigenvalue weighted by Crippen LogP contribution is -2.30. The Morgan fingerprint density at radius 3 is 0.889 bits per heavy atom. The molecule has 0 radical (unpaired) electrons. The summed E-state index contributed by atoms with van der Waals surface area (Å²) in [5.74, 6) is -0.882. The van der Waals surface area contributed by atoms with Gasteiger partial charge in [0.15, 0.2) is 6.10 Å². The molecule has 0 fully saturated rings. The predicted octanol–water partition coefficient (Wildman–Crippen LogP) is 11.7. The number of carbonyl (C=O) groups is 3. The Labute approximate surface area is 278 Å². The van der Waals surface area contributed by atoms with E-state index in [4.69, 9.17) is 14.2 Å². The van der Waals surface area contributed by atoms with Crippen molar-refractivity contribution in [1.29, 1.82) is 0 Å². The molecule has 0 bridgehead atoms. The SMILES string of the molecule is CCCCCCCCCCCCCCCCCC(=O)O[C@@H](COC(=O)CCCCCCC)COC(=O)CCCCCCCCC. The molecule has 0 aliphatic rings. The molecule has 0 aliphatic carbocycles. The molecule has 0 saturated carbocycles. The second-order valence-electron chi connectivity index (χ2n) is 13.2. The van der Waals surface area contributed by atoms with E-state index in [1.54, 1.807) is 0 Å². The van der Waals surface area contributed by atoms with E-state index in [0.29, 0.717) is 19.3 Å². The average Bonchev–Trinajstić information content (AvgIpc) is 3.03. The third kappa shape index (κ3) is 33.6. The Morgan fingerprint density at radius 1 is 0.356 bits per heavy atom.